The summed E-state index contributed by atoms with van der Waals surface area (Å²) in [7, 11) is 4.56. The number of hydrogen-bond acceptors (Lipinski definition) is 8. The van der Waals surface area contributed by atoms with E-state index in [1.54, 1.807) is 37.5 Å². The number of methoxy groups -OCH3 is 3. The van der Waals surface area contributed by atoms with Gasteiger partial charge < -0.3 is 23.7 Å². The predicted octanol–water partition coefficient (Wildman–Crippen LogP) is 3.68. The maximum atomic E-state index is 11.4. The van der Waals surface area contributed by atoms with E-state index in [1.807, 2.05) is 0 Å². The summed E-state index contributed by atoms with van der Waals surface area (Å²) in [5.74, 6) is 1.07. The summed E-state index contributed by atoms with van der Waals surface area (Å²) in [6.07, 6.45) is 1.55. The van der Waals surface area contributed by atoms with Crippen LogP contribution in [0.5, 0.6) is 17.2 Å². The maximum Gasteiger partial charge on any atom is 0.311 e. The summed E-state index contributed by atoms with van der Waals surface area (Å²) in [5.41, 5.74) is 1.14. The van der Waals surface area contributed by atoms with Gasteiger partial charge in [0.2, 0.25) is 0 Å². The van der Waals surface area contributed by atoms with Crippen molar-refractivity contribution in [3.8, 4) is 23.3 Å². The molecule has 0 N–H and O–H groups in total. The summed E-state index contributed by atoms with van der Waals surface area (Å²) in [5, 5.41) is 21.0. The van der Waals surface area contributed by atoms with Gasteiger partial charge in [0.05, 0.1) is 44.0 Å². The van der Waals surface area contributed by atoms with Crippen molar-refractivity contribution in [3.63, 3.8) is 0 Å². The lowest BCUT2D eigenvalue weighted by molar-refractivity contribution is -0.386. The van der Waals surface area contributed by atoms with Gasteiger partial charge in [0.1, 0.15) is 0 Å². The Hall–Kier alpha value is -3.61. The second-order valence-electron chi connectivity index (χ2n) is 5.89. The monoisotopic (exact) mass is 414 g/mol. The third-order valence-corrected chi connectivity index (χ3v) is 4.04. The smallest absolute Gasteiger partial charge is 0.311 e. The van der Waals surface area contributed by atoms with Crippen molar-refractivity contribution in [3.05, 3.63) is 57.6 Å². The number of hydrogen-bond donors (Lipinski definition) is 0. The zero-order valence-electron chi connectivity index (χ0n) is 16.9. The van der Waals surface area contributed by atoms with Crippen LogP contribution < -0.4 is 14.2 Å². The first kappa shape index (κ1) is 22.7. The first-order valence-electron chi connectivity index (χ1n) is 8.86. The van der Waals surface area contributed by atoms with Crippen molar-refractivity contribution >= 4 is 17.3 Å². The highest BCUT2D eigenvalue weighted by atomic mass is 16.7. The lowest BCUT2D eigenvalue weighted by Gasteiger charge is -2.10. The highest BCUT2D eigenvalue weighted by Gasteiger charge is 2.16. The third-order valence-electron chi connectivity index (χ3n) is 4.04. The predicted molar refractivity (Wildman–Crippen MR) is 109 cm³/mol. The van der Waals surface area contributed by atoms with Gasteiger partial charge in [-0.05, 0) is 41.5 Å². The fraction of sp³-hybridized carbons (Fsp3) is 0.286. The molecule has 0 aliphatic heterocycles. The van der Waals surface area contributed by atoms with E-state index < -0.39 is 4.92 Å². The van der Waals surface area contributed by atoms with Gasteiger partial charge in [-0.1, -0.05) is 6.07 Å². The molecule has 2 aromatic carbocycles. The van der Waals surface area contributed by atoms with Gasteiger partial charge in [-0.2, -0.15) is 5.26 Å². The van der Waals surface area contributed by atoms with Gasteiger partial charge in [0, 0.05) is 13.2 Å². The minimum absolute atomic E-state index is 0.0687. The van der Waals surface area contributed by atoms with E-state index in [0.717, 1.165) is 0 Å². The van der Waals surface area contributed by atoms with Gasteiger partial charge in [0.15, 0.2) is 24.0 Å². The third kappa shape index (κ3) is 5.94. The summed E-state index contributed by atoms with van der Waals surface area (Å²) >= 11 is 0. The molecule has 0 heterocycles. The zero-order chi connectivity index (χ0) is 21.9. The zero-order valence-corrected chi connectivity index (χ0v) is 16.9. The van der Waals surface area contributed by atoms with Gasteiger partial charge in [-0.25, -0.2) is 0 Å². The number of allylic oxidation sites excluding steroid dienone is 1. The van der Waals surface area contributed by atoms with E-state index in [0.29, 0.717) is 41.4 Å². The van der Waals surface area contributed by atoms with E-state index in [2.05, 4.69) is 6.07 Å². The van der Waals surface area contributed by atoms with Crippen LogP contribution in [0, 0.1) is 21.4 Å². The molecule has 0 aliphatic carbocycles. The van der Waals surface area contributed by atoms with Crippen LogP contribution in [-0.2, 0) is 9.47 Å². The van der Waals surface area contributed by atoms with Crippen molar-refractivity contribution in [1.82, 2.24) is 0 Å². The number of nitrogens with zero attached hydrogens (tertiary/aromatic N) is 2. The number of nitriles is 1. The highest BCUT2D eigenvalue weighted by molar-refractivity contribution is 5.90. The van der Waals surface area contributed by atoms with Gasteiger partial charge in [-0.15, -0.1) is 0 Å². The molecule has 0 bridgehead atoms. The van der Waals surface area contributed by atoms with Crippen LogP contribution in [0.3, 0.4) is 0 Å². The second-order valence-corrected chi connectivity index (χ2v) is 5.89. The Balaban J connectivity index is 2.29. The Morgan fingerprint density at radius 1 is 1.07 bits per heavy atom. The number of nitro benzene ring substituents is 1. The molecule has 0 saturated heterocycles. The highest BCUT2D eigenvalue weighted by Crippen LogP contribution is 2.32. The Labute approximate surface area is 174 Å². The van der Waals surface area contributed by atoms with Crippen molar-refractivity contribution in [2.75, 3.05) is 41.3 Å². The number of nitro groups is 1. The Bertz CT molecular complexity index is 951. The van der Waals surface area contributed by atoms with Crippen molar-refractivity contribution < 1.29 is 28.6 Å². The van der Waals surface area contributed by atoms with E-state index in [-0.39, 0.29) is 18.2 Å². The summed E-state index contributed by atoms with van der Waals surface area (Å²) in [6.45, 7) is 0.554. The second kappa shape index (κ2) is 11.4. The van der Waals surface area contributed by atoms with Gasteiger partial charge >= 0.3 is 5.69 Å². The molecule has 0 spiro atoms. The maximum absolute atomic E-state index is 11.4. The topological polar surface area (TPSA) is 113 Å². The molecular formula is C21H22N2O7. The molecule has 9 heteroatoms. The average Bonchev–Trinajstić information content (AvgIpc) is 2.77. The number of ether oxygens (including phenoxy) is 5. The molecule has 0 aromatic heterocycles. The molecule has 0 radical (unpaired) electrons. The Kier molecular flexibility index (Phi) is 8.62. The van der Waals surface area contributed by atoms with Crippen LogP contribution in [0.1, 0.15) is 11.1 Å². The van der Waals surface area contributed by atoms with E-state index >= 15 is 0 Å². The molecule has 2 rings (SSSR count). The molecule has 0 amide bonds. The van der Waals surface area contributed by atoms with Crippen molar-refractivity contribution in [2.45, 2.75) is 0 Å². The lowest BCUT2D eigenvalue weighted by atomic mass is 10.0. The summed E-state index contributed by atoms with van der Waals surface area (Å²) in [4.78, 5) is 10.9. The van der Waals surface area contributed by atoms with Crippen molar-refractivity contribution in [1.29, 1.82) is 5.26 Å². The van der Waals surface area contributed by atoms with Crippen LogP contribution in [-0.4, -0.2) is 46.3 Å². The van der Waals surface area contributed by atoms with Crippen LogP contribution in [0.4, 0.5) is 5.69 Å². The molecule has 0 aliphatic rings. The molecule has 0 saturated carbocycles. The van der Waals surface area contributed by atoms with E-state index in [9.17, 15) is 15.4 Å². The molecule has 0 atom stereocenters. The molecule has 30 heavy (non-hydrogen) atoms. The first-order valence-corrected chi connectivity index (χ1v) is 8.86. The largest absolute Gasteiger partial charge is 0.493 e. The van der Waals surface area contributed by atoms with Gasteiger partial charge in [-0.3, -0.25) is 10.1 Å². The van der Waals surface area contributed by atoms with Crippen LogP contribution in [0.15, 0.2) is 36.4 Å². The van der Waals surface area contributed by atoms with E-state index in [4.69, 9.17) is 23.7 Å². The van der Waals surface area contributed by atoms with E-state index in [1.165, 1.54) is 26.4 Å². The molecule has 9 nitrogen and oxygen atoms in total. The van der Waals surface area contributed by atoms with Gasteiger partial charge in [0.25, 0.3) is 0 Å². The Morgan fingerprint density at radius 2 is 1.80 bits per heavy atom. The quantitative estimate of drug-likeness (QED) is 0.137. The van der Waals surface area contributed by atoms with Crippen LogP contribution in [0.25, 0.3) is 11.6 Å². The number of benzene rings is 2. The molecular weight excluding hydrogens is 392 g/mol. The summed E-state index contributed by atoms with van der Waals surface area (Å²) < 4.78 is 25.8. The Morgan fingerprint density at radius 3 is 2.43 bits per heavy atom. The summed E-state index contributed by atoms with van der Waals surface area (Å²) in [6, 6.07) is 11.6. The minimum atomic E-state index is -0.551. The van der Waals surface area contributed by atoms with Crippen molar-refractivity contribution in [2.24, 2.45) is 0 Å². The lowest BCUT2D eigenvalue weighted by Crippen LogP contribution is -2.08. The molecule has 0 fully saturated rings. The fourth-order valence-electron chi connectivity index (χ4n) is 2.55. The van der Waals surface area contributed by atoms with Crippen LogP contribution in [0.2, 0.25) is 0 Å². The minimum Gasteiger partial charge on any atom is -0.493 e. The molecule has 158 valence electrons. The fourth-order valence-corrected chi connectivity index (χ4v) is 2.55. The standard InChI is InChI=1S/C21H22N2O7/c1-26-8-9-29-14-30-19-6-4-15(11-18(19)23(24)25)10-17(13-22)16-5-7-20(27-2)21(12-16)28-3/h4-7,10-12H,8-9,14H2,1-3H3. The molecule has 0 unspecified atom stereocenters. The first-order chi connectivity index (χ1) is 14.5. The number of rotatable bonds is 11. The molecule has 2 aromatic rings. The average molecular weight is 414 g/mol. The van der Waals surface area contributed by atoms with Crippen LogP contribution >= 0.6 is 0 Å². The SMILES string of the molecule is COCCOCOc1ccc(C=C(C#N)c2ccc(OC)c(OC)c2)cc1[N+](=O)[O-]. The normalized spacial score (nSPS) is 10.9.